The van der Waals surface area contributed by atoms with E-state index in [-0.39, 0.29) is 31.0 Å². The molecule has 1 aromatic carbocycles. The van der Waals surface area contributed by atoms with Crippen molar-refractivity contribution in [3.8, 4) is 0 Å². The average molecular weight is 357 g/mol. The Morgan fingerprint density at radius 1 is 1.00 bits per heavy atom. The Hall–Kier alpha value is -1.12. The fourth-order valence-corrected chi connectivity index (χ4v) is 3.66. The van der Waals surface area contributed by atoms with Crippen LogP contribution in [0.2, 0.25) is 0 Å². The third-order valence-electron chi connectivity index (χ3n) is 5.21. The third kappa shape index (κ3) is 4.35. The van der Waals surface area contributed by atoms with E-state index in [1.807, 2.05) is 0 Å². The van der Waals surface area contributed by atoms with Gasteiger partial charge in [-0.1, -0.05) is 0 Å². The fraction of sp³-hybridized carbons (Fsp3) is 0.667. The summed E-state index contributed by atoms with van der Waals surface area (Å²) in [6.45, 7) is 1.86. The van der Waals surface area contributed by atoms with Crippen LogP contribution in [0.3, 0.4) is 0 Å². The number of rotatable bonds is 4. The van der Waals surface area contributed by atoms with E-state index in [1.54, 1.807) is 4.90 Å². The molecule has 0 saturated carbocycles. The number of nitrogens with zero attached hydrogens (tertiary/aromatic N) is 1. The number of piperidine rings is 1. The summed E-state index contributed by atoms with van der Waals surface area (Å²) in [5.41, 5.74) is 0.694. The number of likely N-dealkylation sites (tertiary alicyclic amines) is 1. The van der Waals surface area contributed by atoms with E-state index in [0.717, 1.165) is 12.8 Å². The van der Waals surface area contributed by atoms with Gasteiger partial charge in [-0.3, -0.25) is 4.90 Å². The number of hydrogen-bond donors (Lipinski definition) is 3. The molecule has 2 heterocycles. The van der Waals surface area contributed by atoms with Crippen molar-refractivity contribution in [2.75, 3.05) is 32.8 Å². The summed E-state index contributed by atoms with van der Waals surface area (Å²) >= 11 is 0. The predicted octanol–water partition coefficient (Wildman–Crippen LogP) is 0.800. The van der Waals surface area contributed by atoms with Gasteiger partial charge in [0.2, 0.25) is 0 Å². The van der Waals surface area contributed by atoms with E-state index < -0.39 is 29.9 Å². The monoisotopic (exact) mass is 357 g/mol. The van der Waals surface area contributed by atoms with Gasteiger partial charge in [-0.2, -0.15) is 0 Å². The number of β-amino-alcohol motifs (C(OH)–C–C–N with tert-alkyl or cyclic N) is 2. The lowest BCUT2D eigenvalue weighted by Crippen LogP contribution is -2.55. The maximum absolute atomic E-state index is 14.4. The minimum Gasteiger partial charge on any atom is -0.389 e. The van der Waals surface area contributed by atoms with Crippen molar-refractivity contribution in [2.45, 2.75) is 43.5 Å². The Morgan fingerprint density at radius 2 is 1.56 bits per heavy atom. The number of benzene rings is 1. The summed E-state index contributed by atoms with van der Waals surface area (Å²) in [6, 6.07) is 2.83. The van der Waals surface area contributed by atoms with Crippen molar-refractivity contribution >= 4 is 0 Å². The first-order chi connectivity index (χ1) is 12.0. The van der Waals surface area contributed by atoms with Gasteiger partial charge in [0.05, 0.1) is 12.2 Å². The highest BCUT2D eigenvalue weighted by Crippen LogP contribution is 2.29. The van der Waals surface area contributed by atoms with Gasteiger partial charge in [0, 0.05) is 38.4 Å². The molecule has 1 aromatic rings. The van der Waals surface area contributed by atoms with Crippen molar-refractivity contribution in [1.29, 1.82) is 0 Å². The number of halogens is 2. The van der Waals surface area contributed by atoms with Crippen LogP contribution in [0, 0.1) is 11.6 Å². The van der Waals surface area contributed by atoms with Crippen LogP contribution in [0.5, 0.6) is 0 Å². The molecule has 25 heavy (non-hydrogen) atoms. The van der Waals surface area contributed by atoms with Crippen molar-refractivity contribution in [3.63, 3.8) is 0 Å². The van der Waals surface area contributed by atoms with Crippen molar-refractivity contribution in [3.05, 3.63) is 34.9 Å². The Balaban J connectivity index is 1.64. The van der Waals surface area contributed by atoms with Crippen LogP contribution in [0.1, 0.15) is 29.9 Å². The van der Waals surface area contributed by atoms with E-state index >= 15 is 0 Å². The van der Waals surface area contributed by atoms with Crippen molar-refractivity contribution < 1.29 is 28.8 Å². The summed E-state index contributed by atoms with van der Waals surface area (Å²) in [5, 5.41) is 28.9. The Kier molecular flexibility index (Phi) is 6.01. The SMILES string of the molecule is O[C@H]1[C@H](O)CN(CCc2c(F)cc(C3CCOCC3)cc2F)C[C@@H]1O. The minimum atomic E-state index is -1.18. The van der Waals surface area contributed by atoms with E-state index in [1.165, 1.54) is 12.1 Å². The smallest absolute Gasteiger partial charge is 0.129 e. The Morgan fingerprint density at radius 3 is 2.12 bits per heavy atom. The van der Waals surface area contributed by atoms with Crippen molar-refractivity contribution in [1.82, 2.24) is 4.90 Å². The molecular weight excluding hydrogens is 332 g/mol. The fourth-order valence-electron chi connectivity index (χ4n) is 3.66. The average Bonchev–Trinajstić information content (AvgIpc) is 2.59. The van der Waals surface area contributed by atoms with Gasteiger partial charge >= 0.3 is 0 Å². The Bertz CT molecular complexity index is 559. The molecule has 0 radical (unpaired) electrons. The quantitative estimate of drug-likeness (QED) is 0.743. The number of aliphatic hydroxyl groups is 3. The maximum atomic E-state index is 14.4. The molecule has 3 N–H and O–H groups in total. The molecule has 3 rings (SSSR count). The molecule has 0 unspecified atom stereocenters. The van der Waals surface area contributed by atoms with E-state index in [2.05, 4.69) is 0 Å². The van der Waals surface area contributed by atoms with Gasteiger partial charge in [0.25, 0.3) is 0 Å². The van der Waals surface area contributed by atoms with E-state index in [4.69, 9.17) is 4.74 Å². The molecule has 0 bridgehead atoms. The molecule has 2 aliphatic heterocycles. The van der Waals surface area contributed by atoms with Crippen LogP contribution in [0.4, 0.5) is 8.78 Å². The second-order valence-corrected chi connectivity index (χ2v) is 6.98. The molecule has 140 valence electrons. The molecule has 5 nitrogen and oxygen atoms in total. The molecular formula is C18H25F2NO4. The van der Waals surface area contributed by atoms with Gasteiger partial charge in [-0.15, -0.1) is 0 Å². The standard InChI is InChI=1S/C18H25F2NO4/c19-14-7-12(11-2-5-25-6-3-11)8-15(20)13(14)1-4-21-9-16(22)18(24)17(23)10-21/h7-8,11,16-18,22-24H,1-6,9-10H2/t16-,17+,18+. The predicted molar refractivity (Wildman–Crippen MR) is 87.3 cm³/mol. The van der Waals surface area contributed by atoms with E-state index in [9.17, 15) is 24.1 Å². The molecule has 2 fully saturated rings. The van der Waals surface area contributed by atoms with Gasteiger partial charge in [-0.05, 0) is 42.9 Å². The highest BCUT2D eigenvalue weighted by atomic mass is 19.1. The normalized spacial score (nSPS) is 29.1. The molecule has 2 aliphatic rings. The molecule has 3 atom stereocenters. The molecule has 0 spiro atoms. The first-order valence-electron chi connectivity index (χ1n) is 8.78. The lowest BCUT2D eigenvalue weighted by atomic mass is 9.90. The number of hydrogen-bond acceptors (Lipinski definition) is 5. The van der Waals surface area contributed by atoms with Crippen LogP contribution in [0.15, 0.2) is 12.1 Å². The summed E-state index contributed by atoms with van der Waals surface area (Å²) in [7, 11) is 0. The number of aliphatic hydroxyl groups excluding tert-OH is 3. The summed E-state index contributed by atoms with van der Waals surface area (Å²) in [4.78, 5) is 1.70. The molecule has 0 amide bonds. The molecule has 0 aromatic heterocycles. The second-order valence-electron chi connectivity index (χ2n) is 6.98. The third-order valence-corrected chi connectivity index (χ3v) is 5.21. The first kappa shape index (κ1) is 18.7. The lowest BCUT2D eigenvalue weighted by molar-refractivity contribution is -0.109. The van der Waals surface area contributed by atoms with Crippen LogP contribution >= 0.6 is 0 Å². The topological polar surface area (TPSA) is 73.2 Å². The zero-order chi connectivity index (χ0) is 18.0. The minimum absolute atomic E-state index is 0.0194. The van der Waals surface area contributed by atoms with Crippen LogP contribution < -0.4 is 0 Å². The largest absolute Gasteiger partial charge is 0.389 e. The van der Waals surface area contributed by atoms with Gasteiger partial charge in [0.15, 0.2) is 0 Å². The van der Waals surface area contributed by atoms with Crippen LogP contribution in [0.25, 0.3) is 0 Å². The second kappa shape index (κ2) is 8.05. The summed E-state index contributed by atoms with van der Waals surface area (Å²) in [6.07, 6.45) is -1.62. The highest BCUT2D eigenvalue weighted by molar-refractivity contribution is 5.29. The lowest BCUT2D eigenvalue weighted by Gasteiger charge is -2.36. The number of ether oxygens (including phenoxy) is 1. The van der Waals surface area contributed by atoms with Crippen LogP contribution in [-0.2, 0) is 11.2 Å². The first-order valence-corrected chi connectivity index (χ1v) is 8.78. The van der Waals surface area contributed by atoms with Crippen LogP contribution in [-0.4, -0.2) is 71.4 Å². The van der Waals surface area contributed by atoms with E-state index in [0.29, 0.717) is 25.3 Å². The maximum Gasteiger partial charge on any atom is 0.129 e. The van der Waals surface area contributed by atoms with Crippen molar-refractivity contribution in [2.24, 2.45) is 0 Å². The highest BCUT2D eigenvalue weighted by Gasteiger charge is 2.33. The molecule has 0 aliphatic carbocycles. The summed E-state index contributed by atoms with van der Waals surface area (Å²) in [5.74, 6) is -0.986. The zero-order valence-electron chi connectivity index (χ0n) is 14.1. The Labute approximate surface area is 145 Å². The van der Waals surface area contributed by atoms with Gasteiger partial charge < -0.3 is 20.1 Å². The molecule has 7 heteroatoms. The zero-order valence-corrected chi connectivity index (χ0v) is 14.1. The summed E-state index contributed by atoms with van der Waals surface area (Å²) < 4.78 is 34.1. The molecule has 2 saturated heterocycles. The van der Waals surface area contributed by atoms with Gasteiger partial charge in [0.1, 0.15) is 17.7 Å². The van der Waals surface area contributed by atoms with Gasteiger partial charge in [-0.25, -0.2) is 8.78 Å².